The van der Waals surface area contributed by atoms with E-state index in [1.54, 1.807) is 6.07 Å². The summed E-state index contributed by atoms with van der Waals surface area (Å²) in [4.78, 5) is 0. The molecule has 0 aromatic heterocycles. The molecule has 0 atom stereocenters. The maximum absolute atomic E-state index is 12.8. The molecular formula is C10H8ClF. The van der Waals surface area contributed by atoms with E-state index in [4.69, 9.17) is 11.6 Å². The number of rotatable bonds is 0. The Morgan fingerprint density at radius 1 is 1.42 bits per heavy atom. The standard InChI is InChI=1S/C10H8ClF/c1-6-2-7-4-8(12)5-10(11)9(7)3-6/h3-5H,2H2,1H3. The lowest BCUT2D eigenvalue weighted by molar-refractivity contribution is 0.626. The predicted molar refractivity (Wildman–Crippen MR) is 48.8 cm³/mol. The van der Waals surface area contributed by atoms with Crippen molar-refractivity contribution in [1.29, 1.82) is 0 Å². The molecular weight excluding hydrogens is 175 g/mol. The number of halogens is 2. The number of benzene rings is 1. The van der Waals surface area contributed by atoms with Crippen molar-refractivity contribution in [1.82, 2.24) is 0 Å². The molecule has 0 heterocycles. The van der Waals surface area contributed by atoms with E-state index in [-0.39, 0.29) is 5.82 Å². The van der Waals surface area contributed by atoms with E-state index < -0.39 is 0 Å². The lowest BCUT2D eigenvalue weighted by Gasteiger charge is -2.00. The third-order valence-corrected chi connectivity index (χ3v) is 2.35. The van der Waals surface area contributed by atoms with E-state index in [0.717, 1.165) is 17.5 Å². The van der Waals surface area contributed by atoms with E-state index in [1.165, 1.54) is 11.6 Å². The summed E-state index contributed by atoms with van der Waals surface area (Å²) in [5.74, 6) is -0.248. The fourth-order valence-electron chi connectivity index (χ4n) is 1.54. The highest BCUT2D eigenvalue weighted by molar-refractivity contribution is 6.32. The minimum absolute atomic E-state index is 0.248. The molecule has 0 saturated heterocycles. The van der Waals surface area contributed by atoms with Crippen molar-refractivity contribution in [2.75, 3.05) is 0 Å². The van der Waals surface area contributed by atoms with Crippen molar-refractivity contribution in [3.63, 3.8) is 0 Å². The average molecular weight is 183 g/mol. The quantitative estimate of drug-likeness (QED) is 0.577. The Morgan fingerprint density at radius 3 is 2.92 bits per heavy atom. The lowest BCUT2D eigenvalue weighted by atomic mass is 10.1. The van der Waals surface area contributed by atoms with E-state index in [0.29, 0.717) is 5.02 Å². The first-order valence-corrected chi connectivity index (χ1v) is 4.20. The van der Waals surface area contributed by atoms with E-state index in [1.807, 2.05) is 13.0 Å². The molecule has 1 aromatic rings. The van der Waals surface area contributed by atoms with Gasteiger partial charge < -0.3 is 0 Å². The van der Waals surface area contributed by atoms with Gasteiger partial charge >= 0.3 is 0 Å². The summed E-state index contributed by atoms with van der Waals surface area (Å²) in [6, 6.07) is 2.91. The van der Waals surface area contributed by atoms with Gasteiger partial charge in [0.15, 0.2) is 0 Å². The van der Waals surface area contributed by atoms with Crippen LogP contribution in [0.1, 0.15) is 18.1 Å². The summed E-state index contributed by atoms with van der Waals surface area (Å²) in [6.07, 6.45) is 2.84. The second-order valence-corrected chi connectivity index (χ2v) is 3.54. The van der Waals surface area contributed by atoms with Gasteiger partial charge in [-0.25, -0.2) is 4.39 Å². The van der Waals surface area contributed by atoms with Crippen LogP contribution >= 0.6 is 11.6 Å². The van der Waals surface area contributed by atoms with E-state index in [9.17, 15) is 4.39 Å². The van der Waals surface area contributed by atoms with Crippen molar-refractivity contribution in [3.05, 3.63) is 39.7 Å². The largest absolute Gasteiger partial charge is 0.207 e. The SMILES string of the molecule is CC1=Cc2c(Cl)cc(F)cc2C1. The Bertz CT molecular complexity index is 366. The van der Waals surface area contributed by atoms with Gasteiger partial charge in [-0.15, -0.1) is 0 Å². The number of fused-ring (bicyclic) bond motifs is 1. The van der Waals surface area contributed by atoms with Gasteiger partial charge in [0.1, 0.15) is 5.82 Å². The molecule has 2 rings (SSSR count). The molecule has 1 aliphatic carbocycles. The Balaban J connectivity index is 2.62. The lowest BCUT2D eigenvalue weighted by Crippen LogP contribution is -1.86. The molecule has 0 unspecified atom stereocenters. The molecule has 0 aliphatic heterocycles. The zero-order valence-electron chi connectivity index (χ0n) is 6.70. The van der Waals surface area contributed by atoms with Crippen LogP contribution < -0.4 is 0 Å². The number of hydrogen-bond donors (Lipinski definition) is 0. The first-order chi connectivity index (χ1) is 5.66. The summed E-state index contributed by atoms with van der Waals surface area (Å²) in [5, 5.41) is 0.516. The fraction of sp³-hybridized carbons (Fsp3) is 0.200. The molecule has 62 valence electrons. The molecule has 0 N–H and O–H groups in total. The second-order valence-electron chi connectivity index (χ2n) is 3.13. The van der Waals surface area contributed by atoms with Gasteiger partial charge in [0, 0.05) is 0 Å². The van der Waals surface area contributed by atoms with E-state index >= 15 is 0 Å². The smallest absolute Gasteiger partial charge is 0.125 e. The highest BCUT2D eigenvalue weighted by Crippen LogP contribution is 2.31. The van der Waals surface area contributed by atoms with Crippen LogP contribution in [0, 0.1) is 5.82 Å². The number of hydrogen-bond acceptors (Lipinski definition) is 0. The van der Waals surface area contributed by atoms with Gasteiger partial charge in [-0.1, -0.05) is 23.3 Å². The maximum Gasteiger partial charge on any atom is 0.125 e. The summed E-state index contributed by atoms with van der Waals surface area (Å²) >= 11 is 5.86. The minimum Gasteiger partial charge on any atom is -0.207 e. The molecule has 12 heavy (non-hydrogen) atoms. The van der Waals surface area contributed by atoms with Gasteiger partial charge in [-0.2, -0.15) is 0 Å². The average Bonchev–Trinajstić information content (AvgIpc) is 2.29. The maximum atomic E-state index is 12.8. The summed E-state index contributed by atoms with van der Waals surface area (Å²) in [6.45, 7) is 2.02. The zero-order valence-corrected chi connectivity index (χ0v) is 7.45. The molecule has 2 heteroatoms. The van der Waals surface area contributed by atoms with Crippen LogP contribution in [0.2, 0.25) is 5.02 Å². The third kappa shape index (κ3) is 1.14. The monoisotopic (exact) mass is 182 g/mol. The second kappa shape index (κ2) is 2.60. The Kier molecular flexibility index (Phi) is 1.69. The van der Waals surface area contributed by atoms with Crippen molar-refractivity contribution in [2.24, 2.45) is 0 Å². The van der Waals surface area contributed by atoms with E-state index in [2.05, 4.69) is 0 Å². The van der Waals surface area contributed by atoms with Gasteiger partial charge in [0.25, 0.3) is 0 Å². The molecule has 0 radical (unpaired) electrons. The Hall–Kier alpha value is -0.820. The van der Waals surface area contributed by atoms with Crippen LogP contribution in [-0.4, -0.2) is 0 Å². The first kappa shape index (κ1) is 7.81. The molecule has 1 aromatic carbocycles. The Morgan fingerprint density at radius 2 is 2.17 bits per heavy atom. The summed E-state index contributed by atoms with van der Waals surface area (Å²) < 4.78 is 12.8. The summed E-state index contributed by atoms with van der Waals surface area (Å²) in [7, 11) is 0. The molecule has 0 nitrogen and oxygen atoms in total. The van der Waals surface area contributed by atoms with Gasteiger partial charge in [-0.05, 0) is 36.6 Å². The molecule has 0 amide bonds. The summed E-state index contributed by atoms with van der Waals surface area (Å²) in [5.41, 5.74) is 3.21. The van der Waals surface area contributed by atoms with Crippen LogP contribution in [0.15, 0.2) is 17.7 Å². The molecule has 0 spiro atoms. The van der Waals surface area contributed by atoms with Crippen molar-refractivity contribution in [3.8, 4) is 0 Å². The van der Waals surface area contributed by atoms with Gasteiger partial charge in [0.2, 0.25) is 0 Å². The zero-order chi connectivity index (χ0) is 8.72. The van der Waals surface area contributed by atoms with Crippen LogP contribution in [0.3, 0.4) is 0 Å². The van der Waals surface area contributed by atoms with Gasteiger partial charge in [0.05, 0.1) is 5.02 Å². The van der Waals surface area contributed by atoms with Crippen LogP contribution in [0.25, 0.3) is 6.08 Å². The highest BCUT2D eigenvalue weighted by atomic mass is 35.5. The van der Waals surface area contributed by atoms with Crippen LogP contribution in [-0.2, 0) is 6.42 Å². The van der Waals surface area contributed by atoms with Crippen molar-refractivity contribution in [2.45, 2.75) is 13.3 Å². The number of allylic oxidation sites excluding steroid dienone is 1. The van der Waals surface area contributed by atoms with Crippen LogP contribution in [0.5, 0.6) is 0 Å². The van der Waals surface area contributed by atoms with Crippen molar-refractivity contribution < 1.29 is 4.39 Å². The van der Waals surface area contributed by atoms with Gasteiger partial charge in [-0.3, -0.25) is 0 Å². The minimum atomic E-state index is -0.248. The van der Waals surface area contributed by atoms with Crippen molar-refractivity contribution >= 4 is 17.7 Å². The Labute approximate surface area is 75.7 Å². The molecule has 1 aliphatic rings. The molecule has 0 saturated carbocycles. The fourth-order valence-corrected chi connectivity index (χ4v) is 1.82. The van der Waals surface area contributed by atoms with Crippen LogP contribution in [0.4, 0.5) is 4.39 Å². The molecule has 0 bridgehead atoms. The topological polar surface area (TPSA) is 0 Å². The first-order valence-electron chi connectivity index (χ1n) is 3.82. The normalized spacial score (nSPS) is 14.4. The third-order valence-electron chi connectivity index (χ3n) is 2.04. The highest BCUT2D eigenvalue weighted by Gasteiger charge is 2.13. The predicted octanol–water partition coefficient (Wildman–Crippen LogP) is 3.44. The molecule has 0 fully saturated rings.